The van der Waals surface area contributed by atoms with Gasteiger partial charge in [0.25, 0.3) is 0 Å². The summed E-state index contributed by atoms with van der Waals surface area (Å²) in [5.74, 6) is 0.335. The van der Waals surface area contributed by atoms with E-state index >= 15 is 0 Å². The van der Waals surface area contributed by atoms with E-state index in [0.717, 1.165) is 0 Å². The molecular formula is C21H25N. The molecule has 0 aromatic heterocycles. The van der Waals surface area contributed by atoms with Gasteiger partial charge in [0.1, 0.15) is 0 Å². The first-order valence-electron chi connectivity index (χ1n) is 8.36. The lowest BCUT2D eigenvalue weighted by molar-refractivity contribution is 0.152. The minimum atomic E-state index is 0.335. The molecule has 1 heteroatoms. The van der Waals surface area contributed by atoms with Crippen LogP contribution in [0.4, 0.5) is 0 Å². The molecule has 0 radical (unpaired) electrons. The Morgan fingerprint density at radius 2 is 1.32 bits per heavy atom. The summed E-state index contributed by atoms with van der Waals surface area (Å²) in [7, 11) is 0. The third-order valence-electron chi connectivity index (χ3n) is 4.70. The number of likely N-dealkylation sites (tertiary alicyclic amines) is 1. The van der Waals surface area contributed by atoms with Crippen molar-refractivity contribution in [2.45, 2.75) is 31.2 Å². The summed E-state index contributed by atoms with van der Waals surface area (Å²) in [6.07, 6.45) is 6.10. The van der Waals surface area contributed by atoms with E-state index in [2.05, 4.69) is 78.2 Å². The largest absolute Gasteiger partial charge is 0.295 e. The van der Waals surface area contributed by atoms with Crippen molar-refractivity contribution in [3.05, 3.63) is 84.4 Å². The molecule has 1 aliphatic heterocycles. The normalized spacial score (nSPS) is 18.5. The summed E-state index contributed by atoms with van der Waals surface area (Å²) < 4.78 is 0. The lowest BCUT2D eigenvalue weighted by Crippen LogP contribution is -2.36. The highest BCUT2D eigenvalue weighted by Crippen LogP contribution is 2.38. The monoisotopic (exact) mass is 291 g/mol. The summed E-state index contributed by atoms with van der Waals surface area (Å²) in [6.45, 7) is 6.53. The average Bonchev–Trinajstić information content (AvgIpc) is 2.62. The molecule has 0 amide bonds. The van der Waals surface area contributed by atoms with Gasteiger partial charge in [0.05, 0.1) is 0 Å². The van der Waals surface area contributed by atoms with Gasteiger partial charge in [0, 0.05) is 12.0 Å². The fraction of sp³-hybridized carbons (Fsp3) is 0.333. The summed E-state index contributed by atoms with van der Waals surface area (Å²) in [5.41, 5.74) is 2.76. The molecule has 2 aromatic carbocycles. The van der Waals surface area contributed by atoms with Crippen molar-refractivity contribution in [1.82, 2.24) is 4.90 Å². The number of nitrogens with zero attached hydrogens (tertiary/aromatic N) is 1. The zero-order valence-corrected chi connectivity index (χ0v) is 13.2. The number of hydrogen-bond donors (Lipinski definition) is 0. The molecule has 0 aliphatic carbocycles. The first-order chi connectivity index (χ1) is 10.9. The Hall–Kier alpha value is -1.86. The molecule has 3 rings (SSSR count). The van der Waals surface area contributed by atoms with Gasteiger partial charge in [0.2, 0.25) is 0 Å². The Labute approximate surface area is 134 Å². The molecular weight excluding hydrogens is 266 g/mol. The summed E-state index contributed by atoms with van der Waals surface area (Å²) >= 11 is 0. The van der Waals surface area contributed by atoms with E-state index in [1.807, 2.05) is 0 Å². The summed E-state index contributed by atoms with van der Waals surface area (Å²) in [6, 6.07) is 22.1. The smallest absolute Gasteiger partial charge is 0.0451 e. The SMILES string of the molecule is C=C[C@H](c1ccccc1)[C@@H](c1ccccc1)N1CCCCC1. The molecule has 1 fully saturated rings. The third-order valence-corrected chi connectivity index (χ3v) is 4.70. The minimum Gasteiger partial charge on any atom is -0.295 e. The van der Waals surface area contributed by atoms with Gasteiger partial charge < -0.3 is 0 Å². The standard InChI is InChI=1S/C21H25N/c1-2-20(18-12-6-3-7-13-18)21(19-14-8-4-9-15-19)22-16-10-5-11-17-22/h2-4,6-9,12-15,20-21H,1,5,10-11,16-17H2/t20-,21-/m1/s1. The van der Waals surface area contributed by atoms with Crippen LogP contribution in [-0.4, -0.2) is 18.0 Å². The highest BCUT2D eigenvalue weighted by molar-refractivity contribution is 5.31. The second-order valence-corrected chi connectivity index (χ2v) is 6.12. The molecule has 0 saturated carbocycles. The van der Waals surface area contributed by atoms with Crippen molar-refractivity contribution in [2.75, 3.05) is 13.1 Å². The maximum absolute atomic E-state index is 4.15. The van der Waals surface area contributed by atoms with Crippen molar-refractivity contribution in [2.24, 2.45) is 0 Å². The van der Waals surface area contributed by atoms with E-state index in [0.29, 0.717) is 12.0 Å². The molecule has 2 atom stereocenters. The zero-order valence-electron chi connectivity index (χ0n) is 13.2. The van der Waals surface area contributed by atoms with Crippen LogP contribution in [-0.2, 0) is 0 Å². The second-order valence-electron chi connectivity index (χ2n) is 6.12. The average molecular weight is 291 g/mol. The van der Waals surface area contributed by atoms with Crippen molar-refractivity contribution in [3.63, 3.8) is 0 Å². The molecule has 0 unspecified atom stereocenters. The molecule has 2 aromatic rings. The van der Waals surface area contributed by atoms with Gasteiger partial charge in [-0.15, -0.1) is 6.58 Å². The van der Waals surface area contributed by atoms with Gasteiger partial charge in [-0.05, 0) is 37.1 Å². The lowest BCUT2D eigenvalue weighted by Gasteiger charge is -2.39. The van der Waals surface area contributed by atoms with E-state index < -0.39 is 0 Å². The van der Waals surface area contributed by atoms with Crippen LogP contribution in [0.2, 0.25) is 0 Å². The molecule has 1 saturated heterocycles. The summed E-state index contributed by atoms with van der Waals surface area (Å²) in [4.78, 5) is 2.65. The maximum Gasteiger partial charge on any atom is 0.0451 e. The number of piperidine rings is 1. The van der Waals surface area contributed by atoms with Crippen molar-refractivity contribution < 1.29 is 0 Å². The fourth-order valence-corrected chi connectivity index (χ4v) is 3.61. The van der Waals surface area contributed by atoms with E-state index in [1.165, 1.54) is 43.5 Å². The zero-order chi connectivity index (χ0) is 15.2. The molecule has 0 spiro atoms. The number of benzene rings is 2. The van der Waals surface area contributed by atoms with Gasteiger partial charge in [-0.2, -0.15) is 0 Å². The third kappa shape index (κ3) is 3.31. The summed E-state index contributed by atoms with van der Waals surface area (Å²) in [5, 5.41) is 0. The molecule has 114 valence electrons. The van der Waals surface area contributed by atoms with Gasteiger partial charge in [0.15, 0.2) is 0 Å². The Bertz CT molecular complexity index is 569. The van der Waals surface area contributed by atoms with E-state index in [4.69, 9.17) is 0 Å². The Morgan fingerprint density at radius 1 is 0.773 bits per heavy atom. The van der Waals surface area contributed by atoms with Crippen LogP contribution >= 0.6 is 0 Å². The molecule has 0 N–H and O–H groups in total. The van der Waals surface area contributed by atoms with Crippen LogP contribution in [0.25, 0.3) is 0 Å². The van der Waals surface area contributed by atoms with Gasteiger partial charge >= 0.3 is 0 Å². The molecule has 1 aliphatic rings. The van der Waals surface area contributed by atoms with Crippen LogP contribution in [0, 0.1) is 0 Å². The predicted octanol–water partition coefficient (Wildman–Crippen LogP) is 5.18. The highest BCUT2D eigenvalue weighted by atomic mass is 15.2. The molecule has 22 heavy (non-hydrogen) atoms. The van der Waals surface area contributed by atoms with Crippen molar-refractivity contribution >= 4 is 0 Å². The fourth-order valence-electron chi connectivity index (χ4n) is 3.61. The van der Waals surface area contributed by atoms with Crippen LogP contribution in [0.1, 0.15) is 42.3 Å². The van der Waals surface area contributed by atoms with E-state index in [9.17, 15) is 0 Å². The first kappa shape index (κ1) is 15.1. The van der Waals surface area contributed by atoms with Crippen LogP contribution in [0.15, 0.2) is 73.3 Å². The second kappa shape index (κ2) is 7.42. The van der Waals surface area contributed by atoms with E-state index in [-0.39, 0.29) is 0 Å². The highest BCUT2D eigenvalue weighted by Gasteiger charge is 2.29. The number of hydrogen-bond acceptors (Lipinski definition) is 1. The maximum atomic E-state index is 4.15. The quantitative estimate of drug-likeness (QED) is 0.686. The van der Waals surface area contributed by atoms with Crippen LogP contribution < -0.4 is 0 Å². The lowest BCUT2D eigenvalue weighted by atomic mass is 9.85. The first-order valence-corrected chi connectivity index (χ1v) is 8.36. The number of rotatable bonds is 5. The van der Waals surface area contributed by atoms with Gasteiger partial charge in [-0.1, -0.05) is 73.2 Å². The topological polar surface area (TPSA) is 3.24 Å². The van der Waals surface area contributed by atoms with Gasteiger partial charge in [-0.3, -0.25) is 4.90 Å². The van der Waals surface area contributed by atoms with Crippen LogP contribution in [0.3, 0.4) is 0 Å². The van der Waals surface area contributed by atoms with E-state index in [1.54, 1.807) is 0 Å². The van der Waals surface area contributed by atoms with Crippen molar-refractivity contribution in [3.8, 4) is 0 Å². The molecule has 1 nitrogen and oxygen atoms in total. The molecule has 1 heterocycles. The van der Waals surface area contributed by atoms with Gasteiger partial charge in [-0.25, -0.2) is 0 Å². The Morgan fingerprint density at radius 3 is 1.86 bits per heavy atom. The predicted molar refractivity (Wildman–Crippen MR) is 94.0 cm³/mol. The Kier molecular flexibility index (Phi) is 5.07. The molecule has 0 bridgehead atoms. The van der Waals surface area contributed by atoms with Crippen molar-refractivity contribution in [1.29, 1.82) is 0 Å². The van der Waals surface area contributed by atoms with Crippen LogP contribution in [0.5, 0.6) is 0 Å². The Balaban J connectivity index is 1.98. The minimum absolute atomic E-state index is 0.335.